The van der Waals surface area contributed by atoms with Crippen molar-refractivity contribution in [2.24, 2.45) is 0 Å². The van der Waals surface area contributed by atoms with E-state index in [9.17, 15) is 14.7 Å². The quantitative estimate of drug-likeness (QED) is 0.664. The highest BCUT2D eigenvalue weighted by Crippen LogP contribution is 2.34. The van der Waals surface area contributed by atoms with Crippen molar-refractivity contribution in [3.63, 3.8) is 0 Å². The largest absolute Gasteiger partial charge is 0.507 e. The Hall–Kier alpha value is -3.42. The molecule has 0 aliphatic heterocycles. The second kappa shape index (κ2) is 5.76. The number of carbonyl (C=O) groups excluding carboxylic acids is 1. The van der Waals surface area contributed by atoms with Crippen LogP contribution >= 0.6 is 0 Å². The van der Waals surface area contributed by atoms with E-state index in [-0.39, 0.29) is 16.8 Å². The van der Waals surface area contributed by atoms with Gasteiger partial charge in [-0.05, 0) is 12.1 Å². The molecule has 0 unspecified atom stereocenters. The number of phenolic OH excluding ortho intramolecular Hbond substituents is 1. The van der Waals surface area contributed by atoms with Gasteiger partial charge in [-0.2, -0.15) is 0 Å². The molecular formula is C15H11N3O5. The maximum atomic E-state index is 12.2. The van der Waals surface area contributed by atoms with Crippen molar-refractivity contribution in [1.82, 2.24) is 15.3 Å². The van der Waals surface area contributed by atoms with Crippen molar-refractivity contribution in [3.8, 4) is 16.9 Å². The molecule has 0 saturated carbocycles. The average Bonchev–Trinajstić information content (AvgIpc) is 3.06. The normalized spacial score (nSPS) is 10.6. The zero-order chi connectivity index (χ0) is 16.4. The summed E-state index contributed by atoms with van der Waals surface area (Å²) < 4.78 is 5.03. The maximum Gasteiger partial charge on any atom is 0.322 e. The molecular weight excluding hydrogens is 302 g/mol. The average molecular weight is 313 g/mol. The van der Waals surface area contributed by atoms with Crippen LogP contribution in [0.25, 0.3) is 22.2 Å². The van der Waals surface area contributed by atoms with Gasteiger partial charge in [-0.1, -0.05) is 0 Å². The molecule has 3 aromatic rings. The number of phenols is 1. The van der Waals surface area contributed by atoms with Gasteiger partial charge in [-0.25, -0.2) is 0 Å². The van der Waals surface area contributed by atoms with Crippen molar-refractivity contribution in [3.05, 3.63) is 42.6 Å². The molecule has 1 amide bonds. The first-order chi connectivity index (χ1) is 11.1. The first-order valence-corrected chi connectivity index (χ1v) is 6.57. The van der Waals surface area contributed by atoms with Gasteiger partial charge in [0.25, 0.3) is 5.91 Å². The number of amides is 1. The van der Waals surface area contributed by atoms with Gasteiger partial charge in [0.05, 0.1) is 18.0 Å². The van der Waals surface area contributed by atoms with Gasteiger partial charge in [0.1, 0.15) is 23.4 Å². The summed E-state index contributed by atoms with van der Waals surface area (Å²) in [4.78, 5) is 31.0. The lowest BCUT2D eigenvalue weighted by molar-refractivity contribution is -0.135. The lowest BCUT2D eigenvalue weighted by atomic mass is 10.0. The Labute approximate surface area is 129 Å². The van der Waals surface area contributed by atoms with Crippen LogP contribution in [0.5, 0.6) is 5.75 Å². The summed E-state index contributed by atoms with van der Waals surface area (Å²) in [6, 6.07) is 3.06. The number of aliphatic carboxylic acids is 1. The molecule has 3 rings (SSSR count). The van der Waals surface area contributed by atoms with Crippen LogP contribution in [0.4, 0.5) is 0 Å². The molecule has 0 aliphatic rings. The fraction of sp³-hybridized carbons (Fsp3) is 0.0667. The van der Waals surface area contributed by atoms with Gasteiger partial charge >= 0.3 is 5.97 Å². The molecule has 0 bridgehead atoms. The van der Waals surface area contributed by atoms with Crippen LogP contribution in [0.15, 0.2) is 41.5 Å². The minimum Gasteiger partial charge on any atom is -0.507 e. The molecule has 8 heteroatoms. The van der Waals surface area contributed by atoms with E-state index >= 15 is 0 Å². The van der Waals surface area contributed by atoms with Gasteiger partial charge < -0.3 is 19.9 Å². The Morgan fingerprint density at radius 3 is 2.61 bits per heavy atom. The van der Waals surface area contributed by atoms with E-state index in [2.05, 4.69) is 15.3 Å². The second-order valence-electron chi connectivity index (χ2n) is 4.66. The molecule has 2 heterocycles. The highest BCUT2D eigenvalue weighted by Gasteiger charge is 2.21. The predicted molar refractivity (Wildman–Crippen MR) is 78.9 cm³/mol. The van der Waals surface area contributed by atoms with Crippen molar-refractivity contribution in [1.29, 1.82) is 0 Å². The van der Waals surface area contributed by atoms with Crippen LogP contribution in [0.2, 0.25) is 0 Å². The van der Waals surface area contributed by atoms with Crippen molar-refractivity contribution in [2.75, 3.05) is 6.54 Å². The number of rotatable bonds is 4. The molecule has 0 saturated heterocycles. The molecule has 0 aliphatic carbocycles. The zero-order valence-corrected chi connectivity index (χ0v) is 11.7. The summed E-state index contributed by atoms with van der Waals surface area (Å²) in [5.74, 6) is -2.26. The molecule has 0 radical (unpaired) electrons. The Morgan fingerprint density at radius 2 is 1.96 bits per heavy atom. The number of fused-ring (bicyclic) bond motifs is 1. The summed E-state index contributed by atoms with van der Waals surface area (Å²) >= 11 is 0. The van der Waals surface area contributed by atoms with Crippen molar-refractivity contribution in [2.45, 2.75) is 0 Å². The van der Waals surface area contributed by atoms with E-state index in [4.69, 9.17) is 9.52 Å². The minimum atomic E-state index is -1.19. The minimum absolute atomic E-state index is 0.124. The number of carboxylic acids is 1. The topological polar surface area (TPSA) is 126 Å². The van der Waals surface area contributed by atoms with E-state index in [1.165, 1.54) is 31.0 Å². The smallest absolute Gasteiger partial charge is 0.322 e. The van der Waals surface area contributed by atoms with E-state index < -0.39 is 18.4 Å². The predicted octanol–water partition coefficient (Wildman–Crippen LogP) is 1.41. The summed E-state index contributed by atoms with van der Waals surface area (Å²) in [6.45, 7) is -0.566. The highest BCUT2D eigenvalue weighted by atomic mass is 16.4. The molecule has 0 spiro atoms. The molecule has 2 aromatic heterocycles. The van der Waals surface area contributed by atoms with Gasteiger partial charge in [-0.3, -0.25) is 19.6 Å². The van der Waals surface area contributed by atoms with Gasteiger partial charge in [0.2, 0.25) is 0 Å². The summed E-state index contributed by atoms with van der Waals surface area (Å²) in [5.41, 5.74) is 1.66. The van der Waals surface area contributed by atoms with Crippen LogP contribution in [-0.2, 0) is 4.79 Å². The summed E-state index contributed by atoms with van der Waals surface area (Å²) in [6.07, 6.45) is 5.80. The Balaban J connectivity index is 2.17. The first-order valence-electron chi connectivity index (χ1n) is 6.57. The number of aromatic nitrogens is 2. The maximum absolute atomic E-state index is 12.2. The van der Waals surface area contributed by atoms with Crippen LogP contribution in [0.1, 0.15) is 10.4 Å². The Kier molecular flexibility index (Phi) is 3.63. The van der Waals surface area contributed by atoms with Crippen LogP contribution < -0.4 is 5.32 Å². The SMILES string of the molecule is O=C(O)CNC(=O)c1c(O)cc(-c2ccoc2)c2nccnc12. The van der Waals surface area contributed by atoms with Gasteiger partial charge in [0.15, 0.2) is 0 Å². The van der Waals surface area contributed by atoms with Crippen molar-refractivity contribution < 1.29 is 24.2 Å². The standard InChI is InChI=1S/C15H11N3O5/c19-10-5-9(8-1-4-23-7-8)13-14(17-3-2-16-13)12(10)15(22)18-6-11(20)21/h1-5,7,19H,6H2,(H,18,22)(H,20,21). The van der Waals surface area contributed by atoms with E-state index in [0.717, 1.165) is 0 Å². The van der Waals surface area contributed by atoms with Crippen LogP contribution in [0.3, 0.4) is 0 Å². The molecule has 116 valence electrons. The first kappa shape index (κ1) is 14.5. The third-order valence-corrected chi connectivity index (χ3v) is 3.19. The molecule has 1 aromatic carbocycles. The molecule has 0 atom stereocenters. The third-order valence-electron chi connectivity index (χ3n) is 3.19. The summed E-state index contributed by atoms with van der Waals surface area (Å²) in [7, 11) is 0. The second-order valence-corrected chi connectivity index (χ2v) is 4.66. The number of nitrogens with one attached hydrogen (secondary N) is 1. The number of furan rings is 1. The monoisotopic (exact) mass is 313 g/mol. The number of hydrogen-bond acceptors (Lipinski definition) is 6. The number of hydrogen-bond donors (Lipinski definition) is 3. The Morgan fingerprint density at radius 1 is 1.22 bits per heavy atom. The fourth-order valence-corrected chi connectivity index (χ4v) is 2.22. The van der Waals surface area contributed by atoms with Gasteiger partial charge in [-0.15, -0.1) is 0 Å². The molecule has 0 fully saturated rings. The highest BCUT2D eigenvalue weighted by molar-refractivity contribution is 6.11. The number of nitrogens with zero attached hydrogens (tertiary/aromatic N) is 2. The fourth-order valence-electron chi connectivity index (χ4n) is 2.22. The van der Waals surface area contributed by atoms with Crippen LogP contribution in [0, 0.1) is 0 Å². The number of carboxylic acid groups (broad SMARTS) is 1. The molecule has 3 N–H and O–H groups in total. The lowest BCUT2D eigenvalue weighted by Gasteiger charge is -2.10. The zero-order valence-electron chi connectivity index (χ0n) is 11.7. The third kappa shape index (κ3) is 2.69. The van der Waals surface area contributed by atoms with E-state index in [1.54, 1.807) is 6.07 Å². The van der Waals surface area contributed by atoms with E-state index in [1.807, 2.05) is 0 Å². The molecule has 23 heavy (non-hydrogen) atoms. The lowest BCUT2D eigenvalue weighted by Crippen LogP contribution is -2.29. The van der Waals surface area contributed by atoms with Crippen molar-refractivity contribution >= 4 is 22.9 Å². The Bertz CT molecular complexity index is 890. The number of aromatic hydroxyl groups is 1. The van der Waals surface area contributed by atoms with Gasteiger partial charge in [0, 0.05) is 23.5 Å². The number of carbonyl (C=O) groups is 2. The van der Waals surface area contributed by atoms with E-state index in [0.29, 0.717) is 16.6 Å². The number of benzene rings is 1. The summed E-state index contributed by atoms with van der Waals surface area (Å²) in [5, 5.41) is 21.1. The van der Waals surface area contributed by atoms with Crippen LogP contribution in [-0.4, -0.2) is 38.6 Å². The molecule has 8 nitrogen and oxygen atoms in total.